The highest BCUT2D eigenvalue weighted by Crippen LogP contribution is 2.35. The highest BCUT2D eigenvalue weighted by Gasteiger charge is 2.21. The largest absolute Gasteiger partial charge is 0.494 e. The molecule has 0 unspecified atom stereocenters. The van der Waals surface area contributed by atoms with Gasteiger partial charge in [-0.05, 0) is 69.4 Å². The molecule has 1 amide bonds. The van der Waals surface area contributed by atoms with Crippen LogP contribution in [0.3, 0.4) is 0 Å². The second-order valence-corrected chi connectivity index (χ2v) is 9.16. The van der Waals surface area contributed by atoms with Crippen molar-refractivity contribution in [2.45, 2.75) is 40.5 Å². The predicted octanol–water partition coefficient (Wildman–Crippen LogP) is 5.83. The lowest BCUT2D eigenvalue weighted by Gasteiger charge is -2.10. The summed E-state index contributed by atoms with van der Waals surface area (Å²) in [6, 6.07) is 10.1. The predicted molar refractivity (Wildman–Crippen MR) is 138 cm³/mol. The van der Waals surface area contributed by atoms with Crippen molar-refractivity contribution in [2.24, 2.45) is 7.05 Å². The van der Waals surface area contributed by atoms with Crippen LogP contribution in [0.25, 0.3) is 22.0 Å². The Morgan fingerprint density at radius 2 is 1.88 bits per heavy atom. The van der Waals surface area contributed by atoms with E-state index in [0.29, 0.717) is 18.7 Å². The maximum absolute atomic E-state index is 12.7. The average Bonchev–Trinajstić information content (AvgIpc) is 3.30. The van der Waals surface area contributed by atoms with Crippen molar-refractivity contribution in [3.63, 3.8) is 0 Å². The lowest BCUT2D eigenvalue weighted by molar-refractivity contribution is 0.0958. The first-order valence-corrected chi connectivity index (χ1v) is 11.9. The molecule has 2 heterocycles. The summed E-state index contributed by atoms with van der Waals surface area (Å²) in [6.07, 6.45) is 1.48. The number of rotatable bonds is 7. The number of halogens is 1. The molecule has 0 fully saturated rings. The van der Waals surface area contributed by atoms with E-state index in [1.54, 1.807) is 7.05 Å². The van der Waals surface area contributed by atoms with Gasteiger partial charge in [0.15, 0.2) is 0 Å². The molecule has 2 N–H and O–H groups in total. The fourth-order valence-corrected chi connectivity index (χ4v) is 4.76. The number of aromatic nitrogens is 3. The van der Waals surface area contributed by atoms with E-state index in [1.807, 2.05) is 50.7 Å². The maximum Gasteiger partial charge on any atom is 0.267 e. The van der Waals surface area contributed by atoms with Crippen LogP contribution < -0.4 is 10.1 Å². The van der Waals surface area contributed by atoms with E-state index < -0.39 is 0 Å². The number of H-pyrrole nitrogens is 1. The number of hydrogen-bond acceptors (Lipinski definition) is 3. The monoisotopic (exact) mass is 478 g/mol. The van der Waals surface area contributed by atoms with E-state index in [0.717, 1.165) is 67.3 Å². The van der Waals surface area contributed by atoms with Gasteiger partial charge in [0.1, 0.15) is 11.4 Å². The summed E-state index contributed by atoms with van der Waals surface area (Å²) in [7, 11) is 3.61. The van der Waals surface area contributed by atoms with Crippen molar-refractivity contribution in [2.75, 3.05) is 13.7 Å². The lowest BCUT2D eigenvalue weighted by atomic mass is 9.98. The number of amides is 1. The molecule has 7 heteroatoms. The SMILES string of the molecule is CNC(=O)c1[nH]c2c(-c3c(C)nn(C)c3C)cccc2c1CCCOc1cc(C)c(Cl)c(C)c1. The maximum atomic E-state index is 12.7. The first-order chi connectivity index (χ1) is 16.2. The molecular formula is C27H31ClN4O2. The Kier molecular flexibility index (Phi) is 6.71. The van der Waals surface area contributed by atoms with E-state index in [2.05, 4.69) is 34.5 Å². The Balaban J connectivity index is 1.65. The zero-order valence-electron chi connectivity index (χ0n) is 20.6. The van der Waals surface area contributed by atoms with Gasteiger partial charge in [-0.1, -0.05) is 29.8 Å². The molecule has 0 spiro atoms. The number of nitrogens with zero attached hydrogens (tertiary/aromatic N) is 2. The second kappa shape index (κ2) is 9.55. The molecule has 4 rings (SSSR count). The summed E-state index contributed by atoms with van der Waals surface area (Å²) in [6.45, 7) is 8.58. The van der Waals surface area contributed by atoms with Crippen LogP contribution in [0.5, 0.6) is 5.75 Å². The molecule has 0 atom stereocenters. The summed E-state index contributed by atoms with van der Waals surface area (Å²) in [5.74, 6) is 0.691. The summed E-state index contributed by atoms with van der Waals surface area (Å²) in [5.41, 5.74) is 8.77. The number of aromatic amines is 1. The normalized spacial score (nSPS) is 11.3. The van der Waals surface area contributed by atoms with E-state index in [4.69, 9.17) is 16.3 Å². The summed E-state index contributed by atoms with van der Waals surface area (Å²) in [5, 5.41) is 9.18. The van der Waals surface area contributed by atoms with Crippen molar-refractivity contribution >= 4 is 28.4 Å². The Labute approximate surface area is 205 Å². The standard InChI is InChI=1S/C27H31ClN4O2/c1-15-13-19(14-16(2)24(15)28)34-12-8-11-21-20-9-7-10-22(23-17(3)31-32(6)18(23)4)25(20)30-26(21)27(33)29-5/h7,9-10,13-14,30H,8,11-12H2,1-6H3,(H,29,33). The van der Waals surface area contributed by atoms with Crippen LogP contribution in [0.2, 0.25) is 5.02 Å². The molecule has 6 nitrogen and oxygen atoms in total. The van der Waals surface area contributed by atoms with Crippen molar-refractivity contribution < 1.29 is 9.53 Å². The average molecular weight is 479 g/mol. The van der Waals surface area contributed by atoms with Gasteiger partial charge in [0.25, 0.3) is 5.91 Å². The number of para-hydroxylation sites is 1. The van der Waals surface area contributed by atoms with Crippen molar-refractivity contribution in [3.05, 3.63) is 69.1 Å². The number of carbonyl (C=O) groups is 1. The topological polar surface area (TPSA) is 71.9 Å². The Morgan fingerprint density at radius 1 is 1.18 bits per heavy atom. The number of nitrogens with one attached hydrogen (secondary N) is 2. The number of aryl methyl sites for hydroxylation is 5. The smallest absolute Gasteiger partial charge is 0.267 e. The highest BCUT2D eigenvalue weighted by atomic mass is 35.5. The van der Waals surface area contributed by atoms with Crippen molar-refractivity contribution in [1.82, 2.24) is 20.1 Å². The van der Waals surface area contributed by atoms with Gasteiger partial charge in [-0.3, -0.25) is 9.48 Å². The van der Waals surface area contributed by atoms with Crippen LogP contribution in [0.4, 0.5) is 0 Å². The third-order valence-electron chi connectivity index (χ3n) is 6.42. The fourth-order valence-electron chi connectivity index (χ4n) is 4.65. The van der Waals surface area contributed by atoms with Gasteiger partial charge < -0.3 is 15.0 Å². The molecule has 0 bridgehead atoms. The third kappa shape index (κ3) is 4.30. The second-order valence-electron chi connectivity index (χ2n) is 8.78. The minimum atomic E-state index is -0.123. The van der Waals surface area contributed by atoms with Gasteiger partial charge in [-0.15, -0.1) is 0 Å². The lowest BCUT2D eigenvalue weighted by Crippen LogP contribution is -2.19. The summed E-state index contributed by atoms with van der Waals surface area (Å²) < 4.78 is 7.90. The molecule has 0 radical (unpaired) electrons. The first kappa shape index (κ1) is 23.9. The molecule has 0 saturated carbocycles. The zero-order valence-corrected chi connectivity index (χ0v) is 21.4. The number of benzene rings is 2. The van der Waals surface area contributed by atoms with E-state index in [1.165, 1.54) is 0 Å². The van der Waals surface area contributed by atoms with Gasteiger partial charge >= 0.3 is 0 Å². The molecule has 2 aromatic heterocycles. The van der Waals surface area contributed by atoms with Crippen LogP contribution in [0.15, 0.2) is 30.3 Å². The minimum Gasteiger partial charge on any atom is -0.494 e. The van der Waals surface area contributed by atoms with Crippen LogP contribution in [0.1, 0.15) is 45.0 Å². The minimum absolute atomic E-state index is 0.123. The number of hydrogen-bond donors (Lipinski definition) is 2. The van der Waals surface area contributed by atoms with Gasteiger partial charge in [0.2, 0.25) is 0 Å². The van der Waals surface area contributed by atoms with Crippen LogP contribution >= 0.6 is 11.6 Å². The third-order valence-corrected chi connectivity index (χ3v) is 7.02. The summed E-state index contributed by atoms with van der Waals surface area (Å²) in [4.78, 5) is 16.2. The molecule has 0 aliphatic heterocycles. The molecule has 0 aliphatic rings. The Bertz CT molecular complexity index is 1360. The van der Waals surface area contributed by atoms with E-state index in [9.17, 15) is 4.79 Å². The molecule has 4 aromatic rings. The fraction of sp³-hybridized carbons (Fsp3) is 0.333. The van der Waals surface area contributed by atoms with Gasteiger partial charge in [0.05, 0.1) is 17.8 Å². The molecule has 0 aliphatic carbocycles. The van der Waals surface area contributed by atoms with Crippen molar-refractivity contribution in [3.8, 4) is 16.9 Å². The zero-order chi connectivity index (χ0) is 24.6. The molecule has 178 valence electrons. The Hall–Kier alpha value is -3.25. The molecule has 0 saturated heterocycles. The quantitative estimate of drug-likeness (QED) is 0.328. The Morgan fingerprint density at radius 3 is 2.50 bits per heavy atom. The van der Waals surface area contributed by atoms with E-state index in [-0.39, 0.29) is 5.91 Å². The molecular weight excluding hydrogens is 448 g/mol. The first-order valence-electron chi connectivity index (χ1n) is 11.5. The van der Waals surface area contributed by atoms with Crippen molar-refractivity contribution in [1.29, 1.82) is 0 Å². The van der Waals surface area contributed by atoms with Crippen LogP contribution in [0, 0.1) is 27.7 Å². The number of fused-ring (bicyclic) bond motifs is 1. The summed E-state index contributed by atoms with van der Waals surface area (Å²) >= 11 is 6.27. The van der Waals surface area contributed by atoms with Gasteiger partial charge in [0, 0.05) is 41.3 Å². The number of carbonyl (C=O) groups excluding carboxylic acids is 1. The van der Waals surface area contributed by atoms with Gasteiger partial charge in [-0.2, -0.15) is 5.10 Å². The number of ether oxygens (including phenoxy) is 1. The van der Waals surface area contributed by atoms with Gasteiger partial charge in [-0.25, -0.2) is 0 Å². The highest BCUT2D eigenvalue weighted by molar-refractivity contribution is 6.32. The van der Waals surface area contributed by atoms with Crippen LogP contribution in [-0.2, 0) is 13.5 Å². The molecule has 2 aromatic carbocycles. The van der Waals surface area contributed by atoms with E-state index >= 15 is 0 Å². The molecule has 34 heavy (non-hydrogen) atoms. The van der Waals surface area contributed by atoms with Crippen LogP contribution in [-0.4, -0.2) is 34.3 Å².